The molecule has 26 heavy (non-hydrogen) atoms. The quantitative estimate of drug-likeness (QED) is 0.414. The van der Waals surface area contributed by atoms with E-state index in [2.05, 4.69) is 53.4 Å². The number of benzene rings is 2. The summed E-state index contributed by atoms with van der Waals surface area (Å²) in [5, 5.41) is 30.0. The third-order valence-electron chi connectivity index (χ3n) is 3.52. The second-order valence-electron chi connectivity index (χ2n) is 5.22. The van der Waals surface area contributed by atoms with E-state index in [1.54, 1.807) is 0 Å². The summed E-state index contributed by atoms with van der Waals surface area (Å²) in [5.74, 6) is 0.743. The van der Waals surface area contributed by atoms with Crippen LogP contribution >= 0.6 is 24.8 Å². The number of H-pyrrole nitrogens is 1. The normalized spacial score (nSPS) is 10.7. The molecule has 0 spiro atoms. The molecule has 126 valence electrons. The Labute approximate surface area is 158 Å². The lowest BCUT2D eigenvalue weighted by Gasteiger charge is -2.04. The van der Waals surface area contributed by atoms with Crippen LogP contribution in [0.15, 0.2) is 53.4 Å². The fourth-order valence-corrected chi connectivity index (χ4v) is 2.47. The van der Waals surface area contributed by atoms with Crippen LogP contribution < -0.4 is 0 Å². The van der Waals surface area contributed by atoms with Crippen molar-refractivity contribution in [2.24, 2.45) is 0 Å². The van der Waals surface area contributed by atoms with Crippen molar-refractivity contribution in [1.82, 2.24) is 40.8 Å². The van der Waals surface area contributed by atoms with E-state index in [0.29, 0.717) is 5.82 Å². The fourth-order valence-electron chi connectivity index (χ4n) is 2.23. The molecule has 0 fully saturated rings. The maximum Gasteiger partial charge on any atom is 0.244 e. The molecule has 0 saturated heterocycles. The van der Waals surface area contributed by atoms with Crippen LogP contribution in [0.1, 0.15) is 0 Å². The van der Waals surface area contributed by atoms with Crippen LogP contribution in [0.25, 0.3) is 34.2 Å². The van der Waals surface area contributed by atoms with Crippen molar-refractivity contribution < 1.29 is 0 Å². The van der Waals surface area contributed by atoms with Crippen LogP contribution in [0.4, 0.5) is 0 Å². The first kappa shape index (κ1) is 16.4. The van der Waals surface area contributed by atoms with Gasteiger partial charge in [-0.05, 0) is 35.5 Å². The highest BCUT2D eigenvalue weighted by Gasteiger charge is 2.09. The lowest BCUT2D eigenvalue weighted by Crippen LogP contribution is -2.04. The van der Waals surface area contributed by atoms with Crippen molar-refractivity contribution in [3.05, 3.63) is 53.3 Å². The van der Waals surface area contributed by atoms with E-state index in [0.717, 1.165) is 21.6 Å². The van der Waals surface area contributed by atoms with E-state index in [1.807, 2.05) is 48.5 Å². The Morgan fingerprint density at radius 2 is 1.12 bits per heavy atom. The average Bonchev–Trinajstić information content (AvgIpc) is 2.70. The fraction of sp³-hybridized carbons (Fsp3) is 0. The number of rotatable bonds is 3. The molecule has 10 heteroatoms. The smallest absolute Gasteiger partial charge is 0.244 e. The van der Waals surface area contributed by atoms with Gasteiger partial charge in [0.05, 0.1) is 0 Å². The first-order valence-electron chi connectivity index (χ1n) is 7.46. The topological polar surface area (TPSA) is 106 Å². The molecule has 8 nitrogen and oxygen atoms in total. The Balaban J connectivity index is 1.58. The molecule has 2 aromatic carbocycles. The van der Waals surface area contributed by atoms with Crippen molar-refractivity contribution in [2.45, 2.75) is 4.90 Å². The molecule has 0 amide bonds. The van der Waals surface area contributed by atoms with Gasteiger partial charge in [-0.25, -0.2) is 5.10 Å². The second kappa shape index (κ2) is 7.02. The van der Waals surface area contributed by atoms with E-state index in [-0.39, 0.29) is 16.4 Å². The Bertz CT molecular complexity index is 1070. The number of nitrogens with one attached hydrogen (secondary N) is 1. The Kier molecular flexibility index (Phi) is 4.42. The van der Waals surface area contributed by atoms with Gasteiger partial charge < -0.3 is 0 Å². The summed E-state index contributed by atoms with van der Waals surface area (Å²) in [6.45, 7) is 0. The largest absolute Gasteiger partial charge is 0.248 e. The number of nitrogens with zero attached hydrogens (tertiary/aromatic N) is 7. The standard InChI is InChI=1S/C16H10N8S2/c25-12-7-5-10(6-8-12)9-1-3-11(4-2-9)13-17-19-14(20-18-13)15-21-23-16(26)24-22-15/h1-8,25H,(H,23,24,26). The van der Waals surface area contributed by atoms with Crippen molar-refractivity contribution in [1.29, 1.82) is 0 Å². The van der Waals surface area contributed by atoms with Gasteiger partial charge in [0.1, 0.15) is 0 Å². The summed E-state index contributed by atoms with van der Waals surface area (Å²) < 4.78 is 0.176. The van der Waals surface area contributed by atoms with Crippen LogP contribution in [-0.2, 0) is 0 Å². The van der Waals surface area contributed by atoms with E-state index in [4.69, 9.17) is 12.2 Å². The number of hydrogen-bond acceptors (Lipinski definition) is 9. The number of aromatic nitrogens is 8. The molecular weight excluding hydrogens is 368 g/mol. The first-order chi connectivity index (χ1) is 12.7. The van der Waals surface area contributed by atoms with Crippen molar-refractivity contribution in [2.75, 3.05) is 0 Å². The highest BCUT2D eigenvalue weighted by Crippen LogP contribution is 2.23. The van der Waals surface area contributed by atoms with Crippen LogP contribution in [-0.4, -0.2) is 40.8 Å². The molecule has 2 aromatic heterocycles. The molecule has 0 saturated carbocycles. The molecular formula is C16H10N8S2. The molecule has 0 aliphatic heterocycles. The van der Waals surface area contributed by atoms with E-state index < -0.39 is 0 Å². The summed E-state index contributed by atoms with van der Waals surface area (Å²) in [6, 6.07) is 15.8. The molecule has 0 atom stereocenters. The second-order valence-corrected chi connectivity index (χ2v) is 6.13. The number of aromatic amines is 1. The van der Waals surface area contributed by atoms with Gasteiger partial charge in [-0.1, -0.05) is 36.4 Å². The third-order valence-corrected chi connectivity index (χ3v) is 3.99. The average molecular weight is 378 g/mol. The van der Waals surface area contributed by atoms with Crippen molar-refractivity contribution in [3.63, 3.8) is 0 Å². The monoisotopic (exact) mass is 378 g/mol. The molecule has 2 heterocycles. The SMILES string of the molecule is S=c1nnc(-c2nnc(-c3ccc(-c4ccc(S)cc4)cc3)nn2)n[nH]1. The lowest BCUT2D eigenvalue weighted by molar-refractivity contribution is 0.802. The van der Waals surface area contributed by atoms with Gasteiger partial charge in [0, 0.05) is 10.5 Å². The minimum atomic E-state index is 0.163. The van der Waals surface area contributed by atoms with Gasteiger partial charge in [0.15, 0.2) is 0 Å². The van der Waals surface area contributed by atoms with E-state index >= 15 is 0 Å². The Morgan fingerprint density at radius 1 is 0.615 bits per heavy atom. The molecule has 0 radical (unpaired) electrons. The Hall–Kier alpha value is -3.11. The molecule has 4 aromatic rings. The van der Waals surface area contributed by atoms with Crippen LogP contribution in [0.2, 0.25) is 0 Å². The van der Waals surface area contributed by atoms with Gasteiger partial charge in [-0.2, -0.15) is 0 Å². The van der Waals surface area contributed by atoms with Gasteiger partial charge in [-0.15, -0.1) is 48.3 Å². The van der Waals surface area contributed by atoms with Gasteiger partial charge >= 0.3 is 0 Å². The first-order valence-corrected chi connectivity index (χ1v) is 8.31. The lowest BCUT2D eigenvalue weighted by atomic mass is 10.0. The maximum absolute atomic E-state index is 4.79. The molecule has 1 N–H and O–H groups in total. The summed E-state index contributed by atoms with van der Waals surface area (Å²) in [5.41, 5.74) is 2.99. The highest BCUT2D eigenvalue weighted by atomic mass is 32.1. The molecule has 0 bridgehead atoms. The number of thiol groups is 1. The highest BCUT2D eigenvalue weighted by molar-refractivity contribution is 7.80. The molecule has 0 unspecified atom stereocenters. The van der Waals surface area contributed by atoms with Gasteiger partial charge in [0.25, 0.3) is 0 Å². The van der Waals surface area contributed by atoms with Crippen LogP contribution in [0.5, 0.6) is 0 Å². The third kappa shape index (κ3) is 3.46. The summed E-state index contributed by atoms with van der Waals surface area (Å²) in [7, 11) is 0. The van der Waals surface area contributed by atoms with Gasteiger partial charge in [-0.3, -0.25) is 0 Å². The zero-order chi connectivity index (χ0) is 17.9. The minimum Gasteiger partial charge on any atom is -0.248 e. The number of hydrogen-bond donors (Lipinski definition) is 2. The minimum absolute atomic E-state index is 0.163. The van der Waals surface area contributed by atoms with Crippen molar-refractivity contribution in [3.8, 4) is 34.2 Å². The van der Waals surface area contributed by atoms with Crippen LogP contribution in [0, 0.1) is 4.77 Å². The van der Waals surface area contributed by atoms with Crippen molar-refractivity contribution >= 4 is 24.8 Å². The molecule has 4 rings (SSSR count). The van der Waals surface area contributed by atoms with E-state index in [1.165, 1.54) is 0 Å². The molecule has 0 aliphatic rings. The zero-order valence-electron chi connectivity index (χ0n) is 13.1. The predicted molar refractivity (Wildman–Crippen MR) is 99.8 cm³/mol. The predicted octanol–water partition coefficient (Wildman–Crippen LogP) is 2.80. The summed E-state index contributed by atoms with van der Waals surface area (Å²) >= 11 is 9.09. The van der Waals surface area contributed by atoms with E-state index in [9.17, 15) is 0 Å². The molecule has 0 aliphatic carbocycles. The Morgan fingerprint density at radius 3 is 1.69 bits per heavy atom. The summed E-state index contributed by atoms with van der Waals surface area (Å²) in [6.07, 6.45) is 0. The summed E-state index contributed by atoms with van der Waals surface area (Å²) in [4.78, 5) is 0.926. The zero-order valence-corrected chi connectivity index (χ0v) is 14.8. The van der Waals surface area contributed by atoms with Gasteiger partial charge in [0.2, 0.25) is 22.2 Å². The maximum atomic E-state index is 4.79. The van der Waals surface area contributed by atoms with Crippen LogP contribution in [0.3, 0.4) is 0 Å².